The third-order valence-electron chi connectivity index (χ3n) is 5.35. The summed E-state index contributed by atoms with van der Waals surface area (Å²) in [4.78, 5) is 29.5. The molecule has 4 aromatic rings. The van der Waals surface area contributed by atoms with Crippen molar-refractivity contribution >= 4 is 28.6 Å². The van der Waals surface area contributed by atoms with Gasteiger partial charge in [0, 0.05) is 6.07 Å². The van der Waals surface area contributed by atoms with Crippen LogP contribution in [0.3, 0.4) is 0 Å². The molecule has 0 aliphatic heterocycles. The number of hydrogen-bond acceptors (Lipinski definition) is 4. The van der Waals surface area contributed by atoms with E-state index in [-0.39, 0.29) is 23.4 Å². The number of esters is 1. The second kappa shape index (κ2) is 8.82. The zero-order valence-electron chi connectivity index (χ0n) is 18.3. The van der Waals surface area contributed by atoms with Crippen LogP contribution in [0.15, 0.2) is 54.9 Å². The van der Waals surface area contributed by atoms with Crippen molar-refractivity contribution in [2.75, 3.05) is 11.9 Å². The Morgan fingerprint density at radius 3 is 2.52 bits per heavy atom. The molecule has 0 atom stereocenters. The van der Waals surface area contributed by atoms with Crippen molar-refractivity contribution in [3.8, 4) is 5.69 Å². The van der Waals surface area contributed by atoms with E-state index in [0.29, 0.717) is 11.8 Å². The largest absolute Gasteiger partial charge is 0.462 e. The minimum absolute atomic E-state index is 0.188. The van der Waals surface area contributed by atoms with E-state index in [1.807, 2.05) is 26.0 Å². The van der Waals surface area contributed by atoms with Gasteiger partial charge in [-0.3, -0.25) is 9.36 Å². The molecule has 168 valence electrons. The molecule has 0 aliphatic carbocycles. The molecule has 0 aliphatic rings. The minimum atomic E-state index is -0.991. The Kier molecular flexibility index (Phi) is 5.91. The standard InChI is InChI=1S/C25H21F2N3O3/c1-4-33-25(32)16-5-8-22(30-13-28-20-9-14(2)15(3)10-23(20)30)21(11-16)29-24(31)18-7-6-17(26)12-19(18)27/h5-13H,4H2,1-3H3,(H,29,31). The van der Waals surface area contributed by atoms with Crippen molar-refractivity contribution in [3.63, 3.8) is 0 Å². The summed E-state index contributed by atoms with van der Waals surface area (Å²) in [6, 6.07) is 11.3. The number of imidazole rings is 1. The van der Waals surface area contributed by atoms with Crippen molar-refractivity contribution in [3.05, 3.63) is 88.7 Å². The van der Waals surface area contributed by atoms with Gasteiger partial charge < -0.3 is 10.1 Å². The van der Waals surface area contributed by atoms with Crippen molar-refractivity contribution < 1.29 is 23.1 Å². The van der Waals surface area contributed by atoms with Gasteiger partial charge in [0.2, 0.25) is 0 Å². The summed E-state index contributed by atoms with van der Waals surface area (Å²) >= 11 is 0. The van der Waals surface area contributed by atoms with Crippen molar-refractivity contribution in [1.82, 2.24) is 9.55 Å². The molecule has 1 aromatic heterocycles. The van der Waals surface area contributed by atoms with Crippen LogP contribution in [0.25, 0.3) is 16.7 Å². The monoisotopic (exact) mass is 449 g/mol. The number of nitrogens with one attached hydrogen (secondary N) is 1. The molecule has 4 rings (SSSR count). The minimum Gasteiger partial charge on any atom is -0.462 e. The second-order valence-electron chi connectivity index (χ2n) is 7.57. The number of benzene rings is 3. The van der Waals surface area contributed by atoms with E-state index >= 15 is 0 Å². The summed E-state index contributed by atoms with van der Waals surface area (Å²) in [7, 11) is 0. The molecule has 1 heterocycles. The highest BCUT2D eigenvalue weighted by molar-refractivity contribution is 6.06. The maximum absolute atomic E-state index is 14.2. The molecule has 0 bridgehead atoms. The lowest BCUT2D eigenvalue weighted by Crippen LogP contribution is -2.16. The molecule has 3 aromatic carbocycles. The van der Waals surface area contributed by atoms with Gasteiger partial charge in [-0.15, -0.1) is 0 Å². The van der Waals surface area contributed by atoms with Crippen molar-refractivity contribution in [2.45, 2.75) is 20.8 Å². The van der Waals surface area contributed by atoms with E-state index in [2.05, 4.69) is 10.3 Å². The van der Waals surface area contributed by atoms with Gasteiger partial charge in [-0.25, -0.2) is 18.6 Å². The third-order valence-corrected chi connectivity index (χ3v) is 5.35. The van der Waals surface area contributed by atoms with Crippen LogP contribution < -0.4 is 5.32 Å². The molecule has 8 heteroatoms. The summed E-state index contributed by atoms with van der Waals surface area (Å²) in [6.45, 7) is 5.85. The molecule has 1 amide bonds. The number of aryl methyl sites for hydroxylation is 2. The first-order chi connectivity index (χ1) is 15.8. The zero-order chi connectivity index (χ0) is 23.7. The molecule has 33 heavy (non-hydrogen) atoms. The van der Waals surface area contributed by atoms with Gasteiger partial charge in [0.15, 0.2) is 0 Å². The van der Waals surface area contributed by atoms with Crippen molar-refractivity contribution in [2.24, 2.45) is 0 Å². The number of halogens is 2. The normalized spacial score (nSPS) is 10.9. The Morgan fingerprint density at radius 1 is 1.03 bits per heavy atom. The maximum Gasteiger partial charge on any atom is 0.338 e. The van der Waals surface area contributed by atoms with E-state index in [0.717, 1.165) is 34.3 Å². The van der Waals surface area contributed by atoms with E-state index in [1.54, 1.807) is 30.0 Å². The van der Waals surface area contributed by atoms with Gasteiger partial charge >= 0.3 is 5.97 Å². The topological polar surface area (TPSA) is 73.2 Å². The molecule has 0 saturated heterocycles. The number of rotatable bonds is 5. The molecule has 1 N–H and O–H groups in total. The van der Waals surface area contributed by atoms with E-state index in [1.165, 1.54) is 6.07 Å². The van der Waals surface area contributed by atoms with Crippen molar-refractivity contribution in [1.29, 1.82) is 0 Å². The van der Waals surface area contributed by atoms with E-state index in [9.17, 15) is 18.4 Å². The highest BCUT2D eigenvalue weighted by atomic mass is 19.1. The summed E-state index contributed by atoms with van der Waals surface area (Å²) in [5.41, 5.74) is 4.35. The smallest absolute Gasteiger partial charge is 0.338 e. The number of hydrogen-bond donors (Lipinski definition) is 1. The molecular formula is C25H21F2N3O3. The fourth-order valence-corrected chi connectivity index (χ4v) is 3.51. The lowest BCUT2D eigenvalue weighted by molar-refractivity contribution is 0.0526. The molecule has 0 radical (unpaired) electrons. The Bertz CT molecular complexity index is 1400. The summed E-state index contributed by atoms with van der Waals surface area (Å²) in [5, 5.41) is 2.65. The van der Waals surface area contributed by atoms with Crippen LogP contribution in [0.2, 0.25) is 0 Å². The highest BCUT2D eigenvalue weighted by Crippen LogP contribution is 2.28. The molecule has 0 fully saturated rings. The summed E-state index contributed by atoms with van der Waals surface area (Å²) < 4.78 is 34.3. The number of amides is 1. The molecule has 0 saturated carbocycles. The number of ether oxygens (including phenoxy) is 1. The van der Waals surface area contributed by atoms with Crippen LogP contribution in [0.1, 0.15) is 38.8 Å². The summed E-state index contributed by atoms with van der Waals surface area (Å²) in [5.74, 6) is -3.12. The van der Waals surface area contributed by atoms with Gasteiger partial charge in [0.25, 0.3) is 5.91 Å². The van der Waals surface area contributed by atoms with Crippen LogP contribution >= 0.6 is 0 Å². The van der Waals surface area contributed by atoms with Crippen LogP contribution in [-0.2, 0) is 4.74 Å². The van der Waals surface area contributed by atoms with Crippen LogP contribution in [0.5, 0.6) is 0 Å². The first kappa shape index (κ1) is 22.1. The predicted molar refractivity (Wildman–Crippen MR) is 121 cm³/mol. The van der Waals surface area contributed by atoms with Crippen LogP contribution in [-0.4, -0.2) is 28.0 Å². The molecule has 0 unspecified atom stereocenters. The Balaban J connectivity index is 1.83. The van der Waals surface area contributed by atoms with Crippen LogP contribution in [0, 0.1) is 25.5 Å². The lowest BCUT2D eigenvalue weighted by Gasteiger charge is -2.15. The Labute approximate surface area is 188 Å². The molecular weight excluding hydrogens is 428 g/mol. The Morgan fingerprint density at radius 2 is 1.79 bits per heavy atom. The quantitative estimate of drug-likeness (QED) is 0.417. The SMILES string of the molecule is CCOC(=O)c1ccc(-n2cnc3cc(C)c(C)cc32)c(NC(=O)c2ccc(F)cc2F)c1. The lowest BCUT2D eigenvalue weighted by atomic mass is 10.1. The second-order valence-corrected chi connectivity index (χ2v) is 7.57. The van der Waals surface area contributed by atoms with Gasteiger partial charge in [0.05, 0.1) is 40.1 Å². The number of carbonyl (C=O) groups is 2. The summed E-state index contributed by atoms with van der Waals surface area (Å²) in [6.07, 6.45) is 1.61. The third kappa shape index (κ3) is 4.32. The number of nitrogens with zero attached hydrogens (tertiary/aromatic N) is 2. The van der Waals surface area contributed by atoms with Gasteiger partial charge in [-0.1, -0.05) is 0 Å². The van der Waals surface area contributed by atoms with Gasteiger partial charge in [-0.2, -0.15) is 0 Å². The van der Waals surface area contributed by atoms with E-state index in [4.69, 9.17) is 4.74 Å². The average Bonchev–Trinajstić information content (AvgIpc) is 3.16. The Hall–Kier alpha value is -4.07. The first-order valence-corrected chi connectivity index (χ1v) is 10.3. The predicted octanol–water partition coefficient (Wildman–Crippen LogP) is 5.35. The van der Waals surface area contributed by atoms with Gasteiger partial charge in [0.1, 0.15) is 18.0 Å². The number of anilines is 1. The zero-order valence-corrected chi connectivity index (χ0v) is 18.3. The highest BCUT2D eigenvalue weighted by Gasteiger charge is 2.18. The van der Waals surface area contributed by atoms with Crippen LogP contribution in [0.4, 0.5) is 14.5 Å². The number of aromatic nitrogens is 2. The number of fused-ring (bicyclic) bond motifs is 1. The molecule has 0 spiro atoms. The fourth-order valence-electron chi connectivity index (χ4n) is 3.51. The maximum atomic E-state index is 14.2. The van der Waals surface area contributed by atoms with E-state index < -0.39 is 23.5 Å². The first-order valence-electron chi connectivity index (χ1n) is 10.3. The molecule has 6 nitrogen and oxygen atoms in total. The average molecular weight is 449 g/mol. The number of carbonyl (C=O) groups excluding carboxylic acids is 2. The fraction of sp³-hybridized carbons (Fsp3) is 0.160. The van der Waals surface area contributed by atoms with Gasteiger partial charge in [-0.05, 0) is 74.4 Å².